The first kappa shape index (κ1) is 37.4. The molecule has 0 rings (SSSR count). The molecule has 0 aliphatic heterocycles. The van der Waals surface area contributed by atoms with Gasteiger partial charge in [-0.25, -0.2) is 0 Å². The summed E-state index contributed by atoms with van der Waals surface area (Å²) in [6, 6.07) is 0. The van der Waals surface area contributed by atoms with Gasteiger partial charge in [0, 0.05) is 6.54 Å². The molecule has 2 nitrogen and oxygen atoms in total. The Morgan fingerprint density at radius 1 is 0.553 bits per heavy atom. The molecule has 0 aromatic carbocycles. The maximum absolute atomic E-state index is 9.46. The van der Waals surface area contributed by atoms with E-state index in [0.29, 0.717) is 6.61 Å². The first-order chi connectivity index (χ1) is 18.8. The van der Waals surface area contributed by atoms with Crippen molar-refractivity contribution in [3.63, 3.8) is 0 Å². The Labute approximate surface area is 241 Å². The molecule has 2 heteroatoms. The quantitative estimate of drug-likeness (QED) is 0.0686. The fraction of sp³-hybridized carbons (Fsp3) is 0.917. The number of nitrogens with zero attached hydrogens (tertiary/aromatic N) is 1. The van der Waals surface area contributed by atoms with Gasteiger partial charge in [0.15, 0.2) is 0 Å². The molecule has 0 aromatic rings. The third kappa shape index (κ3) is 28.4. The van der Waals surface area contributed by atoms with Gasteiger partial charge < -0.3 is 10.0 Å². The van der Waals surface area contributed by atoms with Crippen LogP contribution in [0.15, 0.2) is 18.4 Å². The molecule has 0 spiro atoms. The third-order valence-corrected chi connectivity index (χ3v) is 8.40. The van der Waals surface area contributed by atoms with Crippen LogP contribution >= 0.6 is 0 Å². The highest BCUT2D eigenvalue weighted by Gasteiger charge is 2.09. The van der Waals surface area contributed by atoms with E-state index in [1.54, 1.807) is 0 Å². The van der Waals surface area contributed by atoms with Crippen LogP contribution in [0.25, 0.3) is 0 Å². The van der Waals surface area contributed by atoms with Gasteiger partial charge in [0.25, 0.3) is 0 Å². The molecule has 1 N–H and O–H groups in total. The maximum atomic E-state index is 9.46. The lowest BCUT2D eigenvalue weighted by atomic mass is 9.89. The van der Waals surface area contributed by atoms with Crippen molar-refractivity contribution in [2.24, 2.45) is 5.92 Å². The summed E-state index contributed by atoms with van der Waals surface area (Å²) >= 11 is 0. The molecule has 0 atom stereocenters. The van der Waals surface area contributed by atoms with Crippen molar-refractivity contribution in [2.75, 3.05) is 26.2 Å². The van der Waals surface area contributed by atoms with Crippen LogP contribution < -0.4 is 0 Å². The van der Waals surface area contributed by atoms with E-state index in [0.717, 1.165) is 25.4 Å². The van der Waals surface area contributed by atoms with Gasteiger partial charge in [-0.3, -0.25) is 0 Å². The van der Waals surface area contributed by atoms with Gasteiger partial charge >= 0.3 is 0 Å². The third-order valence-electron chi connectivity index (χ3n) is 8.40. The van der Waals surface area contributed by atoms with Crippen molar-refractivity contribution >= 4 is 0 Å². The average Bonchev–Trinajstić information content (AvgIpc) is 2.92. The van der Waals surface area contributed by atoms with Crippen LogP contribution in [0.3, 0.4) is 0 Å². The van der Waals surface area contributed by atoms with Crippen molar-refractivity contribution < 1.29 is 5.11 Å². The van der Waals surface area contributed by atoms with Gasteiger partial charge in [-0.05, 0) is 50.8 Å². The number of hydrogen-bond donors (Lipinski definition) is 1. The van der Waals surface area contributed by atoms with Crippen LogP contribution in [0.4, 0.5) is 0 Å². The highest BCUT2D eigenvalue weighted by atomic mass is 16.3. The first-order valence-electron chi connectivity index (χ1n) is 17.5. The lowest BCUT2D eigenvalue weighted by molar-refractivity contribution is 0.190. The Kier molecular flexibility index (Phi) is 32.2. The highest BCUT2D eigenvalue weighted by molar-refractivity contribution is 4.75. The monoisotopic (exact) mass is 534 g/mol. The Hall–Kier alpha value is -0.560. The first-order valence-corrected chi connectivity index (χ1v) is 17.5. The fourth-order valence-corrected chi connectivity index (χ4v) is 5.85. The predicted molar refractivity (Wildman–Crippen MR) is 172 cm³/mol. The summed E-state index contributed by atoms with van der Waals surface area (Å²) in [7, 11) is 0. The van der Waals surface area contributed by atoms with Gasteiger partial charge in [0.2, 0.25) is 0 Å². The minimum Gasteiger partial charge on any atom is -0.395 e. The van der Waals surface area contributed by atoms with Crippen LogP contribution in [-0.4, -0.2) is 36.2 Å². The zero-order valence-corrected chi connectivity index (χ0v) is 26.5. The van der Waals surface area contributed by atoms with Crippen LogP contribution in [0, 0.1) is 5.92 Å². The van der Waals surface area contributed by atoms with Crippen LogP contribution in [0.1, 0.15) is 181 Å². The second-order valence-electron chi connectivity index (χ2n) is 12.1. The molecule has 226 valence electrons. The number of unbranched alkanes of at least 4 members (excludes halogenated alkanes) is 19. The topological polar surface area (TPSA) is 23.5 Å². The zero-order valence-electron chi connectivity index (χ0n) is 26.5. The molecule has 0 aliphatic rings. The zero-order chi connectivity index (χ0) is 27.8. The second-order valence-corrected chi connectivity index (χ2v) is 12.1. The Balaban J connectivity index is 3.96. The summed E-state index contributed by atoms with van der Waals surface area (Å²) in [5, 5.41) is 9.46. The van der Waals surface area contributed by atoms with Crippen molar-refractivity contribution in [3.8, 4) is 0 Å². The number of aliphatic hydroxyl groups is 1. The standard InChI is InChI=1S/C36H71NO/c1-4-7-10-13-16-17-22-27-32-37(34-35-38)33-28-23-18-21-26-31-36(29-24-19-14-11-8-5-2)30-25-20-15-12-9-6-3/h7,36,38H,1,5-6,8-35H2,2-3H3. The minimum absolute atomic E-state index is 0.298. The van der Waals surface area contributed by atoms with Crippen molar-refractivity contribution in [1.29, 1.82) is 0 Å². The molecule has 0 bridgehead atoms. The molecule has 38 heavy (non-hydrogen) atoms. The van der Waals surface area contributed by atoms with E-state index in [4.69, 9.17) is 0 Å². The van der Waals surface area contributed by atoms with E-state index < -0.39 is 0 Å². The summed E-state index contributed by atoms with van der Waals surface area (Å²) in [6.07, 6.45) is 38.3. The molecule has 0 heterocycles. The van der Waals surface area contributed by atoms with E-state index in [-0.39, 0.29) is 0 Å². The summed E-state index contributed by atoms with van der Waals surface area (Å²) in [5.41, 5.74) is 2.86. The molecule has 0 radical (unpaired) electrons. The van der Waals surface area contributed by atoms with E-state index in [1.807, 2.05) is 6.08 Å². The lowest BCUT2D eigenvalue weighted by Gasteiger charge is -2.21. The average molecular weight is 534 g/mol. The minimum atomic E-state index is 0.298. The molecule has 0 unspecified atom stereocenters. The second kappa shape index (κ2) is 32.7. The molecular weight excluding hydrogens is 462 g/mol. The normalized spacial score (nSPS) is 11.5. The summed E-state index contributed by atoms with van der Waals surface area (Å²) < 4.78 is 0. The summed E-state index contributed by atoms with van der Waals surface area (Å²) in [4.78, 5) is 2.50. The van der Waals surface area contributed by atoms with E-state index in [9.17, 15) is 5.11 Å². The number of rotatable bonds is 32. The SMILES string of the molecule is C=C=CCCCCCCCN(CCO)CCCCCCCC(CCCCCCCC)CCCCCCCC. The Morgan fingerprint density at radius 3 is 1.37 bits per heavy atom. The molecule has 0 aromatic heterocycles. The molecule has 0 saturated heterocycles. The van der Waals surface area contributed by atoms with Gasteiger partial charge in [0.1, 0.15) is 0 Å². The molecular formula is C36H71NO. The van der Waals surface area contributed by atoms with Crippen molar-refractivity contribution in [1.82, 2.24) is 4.90 Å². The van der Waals surface area contributed by atoms with Gasteiger partial charge in [-0.2, -0.15) is 0 Å². The van der Waals surface area contributed by atoms with Crippen molar-refractivity contribution in [2.45, 2.75) is 181 Å². The van der Waals surface area contributed by atoms with Crippen LogP contribution in [-0.2, 0) is 0 Å². The van der Waals surface area contributed by atoms with E-state index in [2.05, 4.69) is 31.1 Å². The number of aliphatic hydroxyl groups excluding tert-OH is 1. The fourth-order valence-electron chi connectivity index (χ4n) is 5.85. The van der Waals surface area contributed by atoms with E-state index in [1.165, 1.54) is 167 Å². The van der Waals surface area contributed by atoms with Crippen LogP contribution in [0.2, 0.25) is 0 Å². The Morgan fingerprint density at radius 2 is 0.947 bits per heavy atom. The van der Waals surface area contributed by atoms with Crippen LogP contribution in [0.5, 0.6) is 0 Å². The smallest absolute Gasteiger partial charge is 0.0558 e. The summed E-state index contributed by atoms with van der Waals surface area (Å²) in [5.74, 6) is 0.992. The predicted octanol–water partition coefficient (Wildman–Crippen LogP) is 11.4. The van der Waals surface area contributed by atoms with Crippen molar-refractivity contribution in [3.05, 3.63) is 18.4 Å². The van der Waals surface area contributed by atoms with E-state index >= 15 is 0 Å². The number of allylic oxidation sites excluding steroid dienone is 1. The van der Waals surface area contributed by atoms with Gasteiger partial charge in [-0.15, -0.1) is 5.73 Å². The molecule has 0 aliphatic carbocycles. The molecule has 0 fully saturated rings. The largest absolute Gasteiger partial charge is 0.395 e. The molecule has 0 saturated carbocycles. The summed E-state index contributed by atoms with van der Waals surface area (Å²) in [6.45, 7) is 11.7. The highest BCUT2D eigenvalue weighted by Crippen LogP contribution is 2.24. The Bertz CT molecular complexity index is 468. The van der Waals surface area contributed by atoms with Gasteiger partial charge in [0.05, 0.1) is 6.61 Å². The number of hydrogen-bond acceptors (Lipinski definition) is 2. The molecule has 0 amide bonds. The lowest BCUT2D eigenvalue weighted by Crippen LogP contribution is -2.29. The maximum Gasteiger partial charge on any atom is 0.0558 e. The van der Waals surface area contributed by atoms with Gasteiger partial charge in [-0.1, -0.05) is 162 Å².